The molecule has 7 aromatic rings. The van der Waals surface area contributed by atoms with E-state index in [9.17, 15) is 5.26 Å². The Kier molecular flexibility index (Phi) is 4.79. The third-order valence-corrected chi connectivity index (χ3v) is 7.20. The number of halogens is 3. The number of hydrogen-bond donors (Lipinski definition) is 0. The summed E-state index contributed by atoms with van der Waals surface area (Å²) in [5.74, 6) is -4.47. The number of para-hydroxylation sites is 3. The van der Waals surface area contributed by atoms with Gasteiger partial charge in [-0.05, 0) is 24.3 Å². The number of nitrogens with zero attached hydrogens (tertiary/aromatic N) is 4. The molecule has 2 heterocycles. The smallest absolute Gasteiger partial charge is 0.261 e. The summed E-state index contributed by atoms with van der Waals surface area (Å²) >= 11 is 0. The molecular formula is C32H15F3N4. The van der Waals surface area contributed by atoms with E-state index in [1.165, 1.54) is 4.57 Å². The zero-order valence-electron chi connectivity index (χ0n) is 20.1. The number of aromatic nitrogens is 2. The Labute approximate surface area is 219 Å². The van der Waals surface area contributed by atoms with Gasteiger partial charge in [0.1, 0.15) is 17.3 Å². The highest BCUT2D eigenvalue weighted by Crippen LogP contribution is 2.43. The van der Waals surface area contributed by atoms with E-state index in [-0.39, 0.29) is 0 Å². The van der Waals surface area contributed by atoms with Crippen molar-refractivity contribution in [2.24, 2.45) is 0 Å². The van der Waals surface area contributed by atoms with Crippen molar-refractivity contribution in [3.05, 3.63) is 125 Å². The summed E-state index contributed by atoms with van der Waals surface area (Å²) in [6, 6.07) is 30.2. The minimum absolute atomic E-state index is 0.467. The van der Waals surface area contributed by atoms with Gasteiger partial charge in [-0.1, -0.05) is 66.7 Å². The van der Waals surface area contributed by atoms with Crippen LogP contribution in [-0.4, -0.2) is 9.13 Å². The second-order valence-corrected chi connectivity index (χ2v) is 9.14. The molecule has 4 nitrogen and oxygen atoms in total. The summed E-state index contributed by atoms with van der Waals surface area (Å²) in [6.45, 7) is 7.15. The number of fused-ring (bicyclic) bond motifs is 7. The van der Waals surface area contributed by atoms with Gasteiger partial charge in [-0.15, -0.1) is 0 Å². The third-order valence-electron chi connectivity index (χ3n) is 7.20. The van der Waals surface area contributed by atoms with Crippen LogP contribution in [0.4, 0.5) is 18.9 Å². The molecule has 0 N–H and O–H groups in total. The largest absolute Gasteiger partial charge is 0.307 e. The highest BCUT2D eigenvalue weighted by Gasteiger charge is 2.30. The van der Waals surface area contributed by atoms with Gasteiger partial charge < -0.3 is 9.13 Å². The van der Waals surface area contributed by atoms with Crippen LogP contribution in [0.2, 0.25) is 0 Å². The standard InChI is InChI=1S/C32H15F3N4/c1-37-29-26(33)23(17-36)30(28(35)27(29)34)39-25-14-8-6-12-20(25)22-16-15-21-19-11-5-7-13-24(19)38(31(21)32(22)39)18-9-3-2-4-10-18/h2-16H. The van der Waals surface area contributed by atoms with E-state index < -0.39 is 34.4 Å². The fraction of sp³-hybridized carbons (Fsp3) is 0. The van der Waals surface area contributed by atoms with Crippen LogP contribution in [0.5, 0.6) is 0 Å². The van der Waals surface area contributed by atoms with Gasteiger partial charge >= 0.3 is 0 Å². The Morgan fingerprint density at radius 2 is 1.15 bits per heavy atom. The van der Waals surface area contributed by atoms with Crippen molar-refractivity contribution in [3.63, 3.8) is 0 Å². The molecule has 184 valence electrons. The Morgan fingerprint density at radius 1 is 0.615 bits per heavy atom. The van der Waals surface area contributed by atoms with Gasteiger partial charge in [-0.3, -0.25) is 0 Å². The SMILES string of the molecule is [C-]#[N+]c1c(F)c(F)c(-n2c3ccccc3c3ccc4c5ccccc5n(-c5ccccc5)c4c32)c(C#N)c1F. The fourth-order valence-electron chi connectivity index (χ4n) is 5.62. The first-order chi connectivity index (χ1) is 19.1. The van der Waals surface area contributed by atoms with Crippen molar-refractivity contribution >= 4 is 49.3 Å². The summed E-state index contributed by atoms with van der Waals surface area (Å²) in [7, 11) is 0. The normalized spacial score (nSPS) is 11.4. The minimum atomic E-state index is -1.63. The molecule has 0 aliphatic rings. The summed E-state index contributed by atoms with van der Waals surface area (Å²) in [5, 5.41) is 13.2. The molecular weight excluding hydrogens is 497 g/mol. The van der Waals surface area contributed by atoms with Crippen molar-refractivity contribution in [3.8, 4) is 17.4 Å². The molecule has 7 heteroatoms. The van der Waals surface area contributed by atoms with Crippen molar-refractivity contribution in [2.75, 3.05) is 0 Å². The van der Waals surface area contributed by atoms with E-state index in [0.717, 1.165) is 32.7 Å². The van der Waals surface area contributed by atoms with Crippen molar-refractivity contribution in [2.45, 2.75) is 0 Å². The molecule has 7 rings (SSSR count). The lowest BCUT2D eigenvalue weighted by atomic mass is 10.1. The molecule has 0 saturated carbocycles. The van der Waals surface area contributed by atoms with Crippen LogP contribution in [0.1, 0.15) is 5.56 Å². The Balaban J connectivity index is 1.82. The highest BCUT2D eigenvalue weighted by atomic mass is 19.2. The van der Waals surface area contributed by atoms with Crippen molar-refractivity contribution < 1.29 is 13.2 Å². The molecule has 5 aromatic carbocycles. The predicted molar refractivity (Wildman–Crippen MR) is 146 cm³/mol. The topological polar surface area (TPSA) is 38.0 Å². The van der Waals surface area contributed by atoms with Crippen molar-refractivity contribution in [1.82, 2.24) is 9.13 Å². The Bertz CT molecular complexity index is 2230. The fourth-order valence-corrected chi connectivity index (χ4v) is 5.62. The van der Waals surface area contributed by atoms with E-state index >= 15 is 13.2 Å². The molecule has 0 bridgehead atoms. The highest BCUT2D eigenvalue weighted by molar-refractivity contribution is 6.23. The molecule has 0 aliphatic heterocycles. The van der Waals surface area contributed by atoms with Crippen LogP contribution < -0.4 is 0 Å². The van der Waals surface area contributed by atoms with Crippen LogP contribution in [0, 0.1) is 35.4 Å². The first-order valence-corrected chi connectivity index (χ1v) is 12.1. The molecule has 0 atom stereocenters. The second-order valence-electron chi connectivity index (χ2n) is 9.14. The average Bonchev–Trinajstić information content (AvgIpc) is 3.49. The Morgan fingerprint density at radius 3 is 1.74 bits per heavy atom. The van der Waals surface area contributed by atoms with Crippen LogP contribution in [0.15, 0.2) is 91.0 Å². The predicted octanol–water partition coefficient (Wildman–Crippen LogP) is 8.72. The van der Waals surface area contributed by atoms with E-state index in [4.69, 9.17) is 6.57 Å². The molecule has 0 fully saturated rings. The monoisotopic (exact) mass is 512 g/mol. The maximum absolute atomic E-state index is 15.9. The number of rotatable bonds is 2. The van der Waals surface area contributed by atoms with E-state index in [1.54, 1.807) is 18.2 Å². The summed E-state index contributed by atoms with van der Waals surface area (Å²) in [5.41, 5.74) is 0.935. The quantitative estimate of drug-likeness (QED) is 0.169. The number of nitriles is 1. The lowest BCUT2D eigenvalue weighted by Crippen LogP contribution is -2.07. The van der Waals surface area contributed by atoms with Gasteiger partial charge in [-0.25, -0.2) is 18.0 Å². The first-order valence-electron chi connectivity index (χ1n) is 12.1. The maximum atomic E-state index is 15.9. The van der Waals surface area contributed by atoms with Gasteiger partial charge in [0.2, 0.25) is 0 Å². The number of benzene rings is 5. The molecule has 0 spiro atoms. The average molecular weight is 512 g/mol. The molecule has 0 amide bonds. The van der Waals surface area contributed by atoms with Crippen LogP contribution in [-0.2, 0) is 0 Å². The second kappa shape index (κ2) is 8.24. The van der Waals surface area contributed by atoms with Crippen LogP contribution in [0.25, 0.3) is 59.8 Å². The molecule has 0 saturated heterocycles. The molecule has 0 radical (unpaired) electrons. The van der Waals surface area contributed by atoms with E-state index in [1.807, 2.05) is 83.4 Å². The molecule has 39 heavy (non-hydrogen) atoms. The van der Waals surface area contributed by atoms with Gasteiger partial charge in [0.05, 0.1) is 28.6 Å². The van der Waals surface area contributed by atoms with Gasteiger partial charge in [0.15, 0.2) is 17.5 Å². The first kappa shape index (κ1) is 22.7. The maximum Gasteiger partial charge on any atom is 0.261 e. The summed E-state index contributed by atoms with van der Waals surface area (Å²) in [6.07, 6.45) is 0. The van der Waals surface area contributed by atoms with Crippen LogP contribution >= 0.6 is 0 Å². The van der Waals surface area contributed by atoms with Gasteiger partial charge in [0.25, 0.3) is 5.69 Å². The van der Waals surface area contributed by atoms with Crippen LogP contribution in [0.3, 0.4) is 0 Å². The zero-order valence-corrected chi connectivity index (χ0v) is 20.1. The Hall–Kier alpha value is -5.53. The lowest BCUT2D eigenvalue weighted by Gasteiger charge is -2.15. The zero-order chi connectivity index (χ0) is 26.8. The van der Waals surface area contributed by atoms with Crippen molar-refractivity contribution in [1.29, 1.82) is 5.26 Å². The van der Waals surface area contributed by atoms with E-state index in [0.29, 0.717) is 16.6 Å². The lowest BCUT2D eigenvalue weighted by molar-refractivity contribution is 0.497. The summed E-state index contributed by atoms with van der Waals surface area (Å²) in [4.78, 5) is 2.81. The summed E-state index contributed by atoms with van der Waals surface area (Å²) < 4.78 is 49.7. The van der Waals surface area contributed by atoms with Gasteiger partial charge in [-0.2, -0.15) is 5.26 Å². The molecule has 0 unspecified atom stereocenters. The molecule has 2 aromatic heterocycles. The number of hydrogen-bond acceptors (Lipinski definition) is 1. The molecule has 0 aliphatic carbocycles. The minimum Gasteiger partial charge on any atom is -0.307 e. The van der Waals surface area contributed by atoms with Gasteiger partial charge in [0, 0.05) is 27.2 Å². The third kappa shape index (κ3) is 2.93. The van der Waals surface area contributed by atoms with E-state index in [2.05, 4.69) is 4.85 Å².